The molecular weight excluding hydrogens is 543 g/mol. The van der Waals surface area contributed by atoms with Crippen molar-refractivity contribution in [1.29, 1.82) is 0 Å². The maximum atomic E-state index is 14.3. The summed E-state index contributed by atoms with van der Waals surface area (Å²) in [6.45, 7) is 3.28. The van der Waals surface area contributed by atoms with Gasteiger partial charge in [0.1, 0.15) is 5.83 Å². The van der Waals surface area contributed by atoms with Gasteiger partial charge in [0, 0.05) is 38.1 Å². The standard InChI is InChI=1S/C31H36ClFN6O2/c1-38(18-13-21-4-3-14-34-15-11-21)31(40)24-8-7-23(20-25(24)32)37-29-30-36-16-12-27(39(30)19-17-35-29)22-5-9-26(33)28(41-2)10-6-22/h5-8,10,12,17,19-21,34H,3-4,9,11,13-16,18H2,1-2H3,(H,35,37). The number of amides is 1. The van der Waals surface area contributed by atoms with Crippen LogP contribution in [0, 0.1) is 5.92 Å². The van der Waals surface area contributed by atoms with Gasteiger partial charge in [0.25, 0.3) is 5.91 Å². The van der Waals surface area contributed by atoms with Gasteiger partial charge >= 0.3 is 0 Å². The van der Waals surface area contributed by atoms with Crippen molar-refractivity contribution in [2.45, 2.75) is 32.1 Å². The van der Waals surface area contributed by atoms with Crippen LogP contribution in [-0.2, 0) is 4.74 Å². The molecule has 8 nitrogen and oxygen atoms in total. The van der Waals surface area contributed by atoms with Crippen LogP contribution in [0.5, 0.6) is 0 Å². The molecule has 1 fully saturated rings. The average Bonchev–Trinajstić information content (AvgIpc) is 3.36. The molecule has 0 spiro atoms. The largest absolute Gasteiger partial charge is 0.494 e. The molecule has 1 aliphatic carbocycles. The zero-order valence-corrected chi connectivity index (χ0v) is 24.3. The van der Waals surface area contributed by atoms with Crippen LogP contribution in [0.2, 0.25) is 5.02 Å². The normalized spacial score (nSPS) is 20.7. The number of nitrogens with one attached hydrogen (secondary N) is 2. The van der Waals surface area contributed by atoms with Crippen molar-refractivity contribution < 1.29 is 13.9 Å². The monoisotopic (exact) mass is 578 g/mol. The second-order valence-corrected chi connectivity index (χ2v) is 10.9. The zero-order chi connectivity index (χ0) is 28.8. The van der Waals surface area contributed by atoms with Gasteiger partial charge in [-0.3, -0.25) is 14.7 Å². The maximum Gasteiger partial charge on any atom is 0.255 e. The Labute approximate surface area is 245 Å². The Hall–Kier alpha value is -3.69. The fourth-order valence-electron chi connectivity index (χ4n) is 5.38. The van der Waals surface area contributed by atoms with Gasteiger partial charge in [-0.15, -0.1) is 0 Å². The number of aliphatic imine (C=N–C) groups is 2. The maximum absolute atomic E-state index is 14.3. The second kappa shape index (κ2) is 13.3. The number of methoxy groups -OCH3 is 1. The highest BCUT2D eigenvalue weighted by Crippen LogP contribution is 2.29. The van der Waals surface area contributed by atoms with Crippen molar-refractivity contribution >= 4 is 34.9 Å². The van der Waals surface area contributed by atoms with Crippen molar-refractivity contribution in [3.05, 3.63) is 88.3 Å². The summed E-state index contributed by atoms with van der Waals surface area (Å²) >= 11 is 6.61. The molecule has 1 atom stereocenters. The molecule has 0 aromatic heterocycles. The molecule has 1 amide bonds. The summed E-state index contributed by atoms with van der Waals surface area (Å²) in [4.78, 5) is 26.0. The molecule has 5 rings (SSSR count). The van der Waals surface area contributed by atoms with Crippen molar-refractivity contribution in [2.24, 2.45) is 15.9 Å². The van der Waals surface area contributed by atoms with Gasteiger partial charge in [0.05, 0.1) is 29.9 Å². The molecule has 1 saturated heterocycles. The van der Waals surface area contributed by atoms with Crippen LogP contribution in [0.4, 0.5) is 10.1 Å². The summed E-state index contributed by atoms with van der Waals surface area (Å²) < 4.78 is 19.4. The minimum Gasteiger partial charge on any atom is -0.494 e. The van der Waals surface area contributed by atoms with Crippen molar-refractivity contribution in [1.82, 2.24) is 15.1 Å². The van der Waals surface area contributed by atoms with Crippen molar-refractivity contribution in [2.75, 3.05) is 45.7 Å². The lowest BCUT2D eigenvalue weighted by Crippen LogP contribution is -2.40. The highest BCUT2D eigenvalue weighted by molar-refractivity contribution is 6.46. The predicted octanol–water partition coefficient (Wildman–Crippen LogP) is 5.80. The van der Waals surface area contributed by atoms with Crippen LogP contribution >= 0.6 is 11.6 Å². The topological polar surface area (TPSA) is 81.6 Å². The number of carbonyl (C=O) groups is 1. The van der Waals surface area contributed by atoms with Crippen LogP contribution < -0.4 is 10.6 Å². The first-order chi connectivity index (χ1) is 19.9. The number of rotatable bonds is 7. The van der Waals surface area contributed by atoms with Gasteiger partial charge in [-0.05, 0) is 86.7 Å². The lowest BCUT2D eigenvalue weighted by atomic mass is 9.97. The van der Waals surface area contributed by atoms with E-state index in [4.69, 9.17) is 16.3 Å². The fourth-order valence-corrected chi connectivity index (χ4v) is 5.65. The van der Waals surface area contributed by atoms with Gasteiger partial charge in [-0.25, -0.2) is 9.38 Å². The molecule has 2 N–H and O–H groups in total. The number of nitrogens with zero attached hydrogens (tertiary/aromatic N) is 4. The van der Waals surface area contributed by atoms with Crippen LogP contribution in [0.1, 0.15) is 42.5 Å². The predicted molar refractivity (Wildman–Crippen MR) is 163 cm³/mol. The third-order valence-corrected chi connectivity index (χ3v) is 8.03. The number of carbonyl (C=O) groups excluding carboxylic acids is 1. The SMILES string of the molecule is COC1=C(F)CC=C(C2=CCN=C3C(Nc4ccc(C(=O)N(C)CCC5CCCNCC5)c(Cl)c4)=NC=CN23)C=C1. The molecule has 41 heavy (non-hydrogen) atoms. The van der Waals surface area contributed by atoms with Gasteiger partial charge in [0.15, 0.2) is 17.4 Å². The first-order valence-electron chi connectivity index (χ1n) is 14.1. The van der Waals surface area contributed by atoms with Crippen LogP contribution in [-0.4, -0.2) is 67.7 Å². The average molecular weight is 579 g/mol. The lowest BCUT2D eigenvalue weighted by Gasteiger charge is -2.31. The number of benzene rings is 1. The highest BCUT2D eigenvalue weighted by Gasteiger charge is 2.27. The first-order valence-corrected chi connectivity index (χ1v) is 14.4. The molecule has 216 valence electrons. The van der Waals surface area contributed by atoms with Gasteiger partial charge < -0.3 is 20.3 Å². The number of amidine groups is 2. The van der Waals surface area contributed by atoms with Gasteiger partial charge in [0.2, 0.25) is 0 Å². The molecule has 4 aliphatic rings. The number of allylic oxidation sites excluding steroid dienone is 4. The Morgan fingerprint density at radius 2 is 2.15 bits per heavy atom. The number of ether oxygens (including phenoxy) is 1. The van der Waals surface area contributed by atoms with E-state index < -0.39 is 0 Å². The number of halogens is 2. The van der Waals surface area contributed by atoms with Crippen molar-refractivity contribution in [3.63, 3.8) is 0 Å². The molecule has 3 aliphatic heterocycles. The van der Waals surface area contributed by atoms with Crippen LogP contribution in [0.3, 0.4) is 0 Å². The highest BCUT2D eigenvalue weighted by atomic mass is 35.5. The number of fused-ring (bicyclic) bond motifs is 1. The fraction of sp³-hybridized carbons (Fsp3) is 0.387. The van der Waals surface area contributed by atoms with E-state index in [1.165, 1.54) is 20.0 Å². The van der Waals surface area contributed by atoms with Crippen molar-refractivity contribution in [3.8, 4) is 0 Å². The van der Waals surface area contributed by atoms with E-state index in [1.807, 2.05) is 42.4 Å². The molecule has 1 unspecified atom stereocenters. The molecule has 1 aromatic carbocycles. The minimum absolute atomic E-state index is 0.0869. The third-order valence-electron chi connectivity index (χ3n) is 7.72. The van der Waals surface area contributed by atoms with Gasteiger partial charge in [-0.2, -0.15) is 0 Å². The summed E-state index contributed by atoms with van der Waals surface area (Å²) in [6.07, 6.45) is 15.5. The summed E-state index contributed by atoms with van der Waals surface area (Å²) in [6, 6.07) is 5.31. The molecule has 0 radical (unpaired) electrons. The molecule has 0 saturated carbocycles. The number of hydrogen-bond acceptors (Lipinski definition) is 7. The van der Waals surface area contributed by atoms with E-state index in [9.17, 15) is 9.18 Å². The van der Waals surface area contributed by atoms with E-state index >= 15 is 0 Å². The summed E-state index contributed by atoms with van der Waals surface area (Å²) in [5, 5.41) is 7.12. The number of hydrogen-bond donors (Lipinski definition) is 2. The second-order valence-electron chi connectivity index (χ2n) is 10.5. The van der Waals surface area contributed by atoms with Gasteiger partial charge in [-0.1, -0.05) is 17.7 Å². The Bertz CT molecular complexity index is 1380. The molecule has 3 heterocycles. The van der Waals surface area contributed by atoms with Crippen LogP contribution in [0.25, 0.3) is 0 Å². The molecule has 10 heteroatoms. The van der Waals surface area contributed by atoms with E-state index in [0.717, 1.165) is 37.2 Å². The minimum atomic E-state index is -0.315. The van der Waals surface area contributed by atoms with Crippen LogP contribution in [0.15, 0.2) is 87.7 Å². The number of anilines is 1. The smallest absolute Gasteiger partial charge is 0.255 e. The summed E-state index contributed by atoms with van der Waals surface area (Å²) in [7, 11) is 3.30. The Balaban J connectivity index is 1.23. The Morgan fingerprint density at radius 1 is 1.27 bits per heavy atom. The van der Waals surface area contributed by atoms with E-state index in [-0.39, 0.29) is 23.9 Å². The summed E-state index contributed by atoms with van der Waals surface area (Å²) in [5.41, 5.74) is 2.90. The Kier molecular flexibility index (Phi) is 9.36. The molecule has 1 aromatic rings. The first kappa shape index (κ1) is 28.8. The van der Waals surface area contributed by atoms with E-state index in [1.54, 1.807) is 29.3 Å². The van der Waals surface area contributed by atoms with E-state index in [2.05, 4.69) is 20.6 Å². The molecular formula is C31H36ClFN6O2. The van der Waals surface area contributed by atoms with E-state index in [0.29, 0.717) is 47.0 Å². The molecule has 0 bridgehead atoms. The Morgan fingerprint density at radius 3 is 2.98 bits per heavy atom. The quantitative estimate of drug-likeness (QED) is 0.427. The third kappa shape index (κ3) is 6.80. The summed E-state index contributed by atoms with van der Waals surface area (Å²) in [5.74, 6) is 1.64. The lowest BCUT2D eigenvalue weighted by molar-refractivity contribution is 0.0786. The zero-order valence-electron chi connectivity index (χ0n) is 23.5.